The maximum Gasteiger partial charge on any atom is 0.408 e. The molecule has 0 saturated carbocycles. The van der Waals surface area contributed by atoms with Crippen molar-refractivity contribution < 1.29 is 29.0 Å². The van der Waals surface area contributed by atoms with Crippen molar-refractivity contribution in [3.63, 3.8) is 0 Å². The van der Waals surface area contributed by atoms with Gasteiger partial charge in [-0.25, -0.2) is 14.4 Å². The van der Waals surface area contributed by atoms with E-state index in [1.165, 1.54) is 0 Å². The zero-order valence-electron chi connectivity index (χ0n) is 10.2. The molecule has 1 atom stereocenters. The molecule has 0 aliphatic heterocycles. The number of amides is 1. The van der Waals surface area contributed by atoms with Crippen LogP contribution in [0.5, 0.6) is 0 Å². The topological polar surface area (TPSA) is 102 Å². The molecule has 7 heteroatoms. The molecule has 0 spiro atoms. The zero-order valence-corrected chi connectivity index (χ0v) is 10.2. The maximum atomic E-state index is 11.3. The van der Waals surface area contributed by atoms with Crippen molar-refractivity contribution >= 4 is 18.0 Å². The number of alkyl carbamates (subject to hydrolysis) is 1. The number of benzene rings is 1. The van der Waals surface area contributed by atoms with Gasteiger partial charge in [0.05, 0.1) is 7.11 Å². The summed E-state index contributed by atoms with van der Waals surface area (Å²) in [6.07, 6.45) is -1.01. The quantitative estimate of drug-likeness (QED) is 0.596. The van der Waals surface area contributed by atoms with Gasteiger partial charge in [0.25, 0.3) is 0 Å². The van der Waals surface area contributed by atoms with Gasteiger partial charge in [0.15, 0.2) is 0 Å². The molecule has 19 heavy (non-hydrogen) atoms. The second-order valence-corrected chi connectivity index (χ2v) is 3.50. The fourth-order valence-electron chi connectivity index (χ4n) is 1.22. The molecule has 102 valence electrons. The van der Waals surface area contributed by atoms with Gasteiger partial charge in [0.1, 0.15) is 6.61 Å². The van der Waals surface area contributed by atoms with Crippen LogP contribution in [0.1, 0.15) is 5.56 Å². The van der Waals surface area contributed by atoms with E-state index in [0.717, 1.165) is 12.7 Å². The normalized spacial score (nSPS) is 11.2. The third kappa shape index (κ3) is 4.66. The molecule has 0 radical (unpaired) electrons. The minimum absolute atomic E-state index is 0.0276. The first-order chi connectivity index (χ1) is 9.04. The van der Waals surface area contributed by atoms with Crippen molar-refractivity contribution in [2.24, 2.45) is 0 Å². The molecule has 0 aliphatic rings. The van der Waals surface area contributed by atoms with E-state index in [1.807, 2.05) is 5.32 Å². The lowest BCUT2D eigenvalue weighted by atomic mass is 10.2. The highest BCUT2D eigenvalue weighted by atomic mass is 16.6. The van der Waals surface area contributed by atoms with Crippen LogP contribution in [0.15, 0.2) is 30.3 Å². The molecule has 0 heterocycles. The van der Waals surface area contributed by atoms with Gasteiger partial charge in [-0.15, -0.1) is 0 Å². The van der Waals surface area contributed by atoms with E-state index < -0.39 is 24.1 Å². The van der Waals surface area contributed by atoms with Gasteiger partial charge in [-0.3, -0.25) is 5.32 Å². The summed E-state index contributed by atoms with van der Waals surface area (Å²) in [5.74, 6) is -2.60. The smallest absolute Gasteiger partial charge is 0.408 e. The molecule has 1 aromatic carbocycles. The van der Waals surface area contributed by atoms with Crippen molar-refractivity contribution in [1.82, 2.24) is 5.32 Å². The largest absolute Gasteiger partial charge is 0.479 e. The third-order valence-corrected chi connectivity index (χ3v) is 2.16. The molecule has 7 nitrogen and oxygen atoms in total. The monoisotopic (exact) mass is 267 g/mol. The number of methoxy groups -OCH3 is 1. The molecule has 0 fully saturated rings. The number of carbonyl (C=O) groups excluding carboxylic acids is 2. The van der Waals surface area contributed by atoms with Crippen LogP contribution in [0.25, 0.3) is 0 Å². The number of carboxylic acids is 1. The van der Waals surface area contributed by atoms with Crippen LogP contribution in [-0.4, -0.2) is 36.3 Å². The van der Waals surface area contributed by atoms with Crippen molar-refractivity contribution in [2.45, 2.75) is 12.6 Å². The molecule has 1 rings (SSSR count). The Labute approximate surface area is 109 Å². The zero-order chi connectivity index (χ0) is 14.3. The highest BCUT2D eigenvalue weighted by Crippen LogP contribution is 2.01. The minimum Gasteiger partial charge on any atom is -0.479 e. The van der Waals surface area contributed by atoms with Gasteiger partial charge in [0.2, 0.25) is 6.04 Å². The van der Waals surface area contributed by atoms with Crippen LogP contribution in [0.3, 0.4) is 0 Å². The molecule has 1 aromatic rings. The number of carboxylic acid groups (broad SMARTS) is 1. The summed E-state index contributed by atoms with van der Waals surface area (Å²) in [6.45, 7) is -0.0276. The molecule has 1 unspecified atom stereocenters. The summed E-state index contributed by atoms with van der Waals surface area (Å²) < 4.78 is 9.03. The first-order valence-corrected chi connectivity index (χ1v) is 5.32. The molecule has 0 bridgehead atoms. The van der Waals surface area contributed by atoms with Crippen molar-refractivity contribution in [1.29, 1.82) is 0 Å². The fourth-order valence-corrected chi connectivity index (χ4v) is 1.22. The van der Waals surface area contributed by atoms with E-state index in [9.17, 15) is 14.4 Å². The Balaban J connectivity index is 2.49. The van der Waals surface area contributed by atoms with Crippen LogP contribution in [0.4, 0.5) is 4.79 Å². The van der Waals surface area contributed by atoms with E-state index >= 15 is 0 Å². The lowest BCUT2D eigenvalue weighted by molar-refractivity contribution is -0.153. The first kappa shape index (κ1) is 14.5. The summed E-state index contributed by atoms with van der Waals surface area (Å²) in [5, 5.41) is 10.6. The minimum atomic E-state index is -1.78. The Morgan fingerprint density at radius 2 is 1.89 bits per heavy atom. The maximum absolute atomic E-state index is 11.3. The predicted molar refractivity (Wildman–Crippen MR) is 63.2 cm³/mol. The summed E-state index contributed by atoms with van der Waals surface area (Å²) in [4.78, 5) is 33.2. The molecule has 0 saturated heterocycles. The molecule has 2 N–H and O–H groups in total. The Bertz CT molecular complexity index is 459. The van der Waals surface area contributed by atoms with Crippen LogP contribution >= 0.6 is 0 Å². The average molecular weight is 267 g/mol. The van der Waals surface area contributed by atoms with Crippen molar-refractivity contribution in [2.75, 3.05) is 7.11 Å². The van der Waals surface area contributed by atoms with Gasteiger partial charge >= 0.3 is 18.0 Å². The SMILES string of the molecule is COC(=O)C(NC(=O)OCc1ccccc1)C(=O)O. The van der Waals surface area contributed by atoms with Gasteiger partial charge in [-0.05, 0) is 5.56 Å². The average Bonchev–Trinajstić information content (AvgIpc) is 2.42. The number of esters is 1. The van der Waals surface area contributed by atoms with E-state index in [2.05, 4.69) is 4.74 Å². The Morgan fingerprint density at radius 3 is 2.42 bits per heavy atom. The molecule has 1 amide bonds. The molecule has 0 aromatic heterocycles. The van der Waals surface area contributed by atoms with Crippen molar-refractivity contribution in [3.8, 4) is 0 Å². The Kier molecular flexibility index (Phi) is 5.34. The predicted octanol–water partition coefficient (Wildman–Crippen LogP) is 0.539. The van der Waals surface area contributed by atoms with Crippen LogP contribution in [0, 0.1) is 0 Å². The lowest BCUT2D eigenvalue weighted by Gasteiger charge is -2.12. The first-order valence-electron chi connectivity index (χ1n) is 5.32. The number of ether oxygens (including phenoxy) is 2. The second-order valence-electron chi connectivity index (χ2n) is 3.50. The summed E-state index contributed by atoms with van der Waals surface area (Å²) in [6, 6.07) is 7.04. The van der Waals surface area contributed by atoms with Gasteiger partial charge in [-0.2, -0.15) is 0 Å². The summed E-state index contributed by atoms with van der Waals surface area (Å²) in [7, 11) is 1.02. The van der Waals surface area contributed by atoms with Gasteiger partial charge < -0.3 is 14.6 Å². The number of aliphatic carboxylic acids is 1. The van der Waals surface area contributed by atoms with Gasteiger partial charge in [0, 0.05) is 0 Å². The fraction of sp³-hybridized carbons (Fsp3) is 0.250. The molecular formula is C12H13NO6. The van der Waals surface area contributed by atoms with Crippen LogP contribution < -0.4 is 5.32 Å². The van der Waals surface area contributed by atoms with E-state index in [4.69, 9.17) is 9.84 Å². The van der Waals surface area contributed by atoms with E-state index in [-0.39, 0.29) is 6.61 Å². The number of nitrogens with one attached hydrogen (secondary N) is 1. The molecular weight excluding hydrogens is 254 g/mol. The highest BCUT2D eigenvalue weighted by Gasteiger charge is 2.29. The second kappa shape index (κ2) is 7.00. The van der Waals surface area contributed by atoms with Crippen LogP contribution in [0.2, 0.25) is 0 Å². The third-order valence-electron chi connectivity index (χ3n) is 2.16. The number of hydrogen-bond donors (Lipinski definition) is 2. The van der Waals surface area contributed by atoms with E-state index in [1.54, 1.807) is 30.3 Å². The van der Waals surface area contributed by atoms with Crippen molar-refractivity contribution in [3.05, 3.63) is 35.9 Å². The number of rotatable bonds is 5. The summed E-state index contributed by atoms with van der Waals surface area (Å²) in [5.41, 5.74) is 0.739. The lowest BCUT2D eigenvalue weighted by Crippen LogP contribution is -2.47. The number of hydrogen-bond acceptors (Lipinski definition) is 5. The standard InChI is InChI=1S/C12H13NO6/c1-18-11(16)9(10(14)15)13-12(17)19-7-8-5-3-2-4-6-8/h2-6,9H,7H2,1H3,(H,13,17)(H,14,15). The number of carbonyl (C=O) groups is 3. The highest BCUT2D eigenvalue weighted by molar-refractivity contribution is 6.00. The van der Waals surface area contributed by atoms with Crippen LogP contribution in [-0.2, 0) is 25.7 Å². The Hall–Kier alpha value is -2.57. The van der Waals surface area contributed by atoms with Gasteiger partial charge in [-0.1, -0.05) is 30.3 Å². The Morgan fingerprint density at radius 1 is 1.26 bits per heavy atom. The molecule has 0 aliphatic carbocycles. The summed E-state index contributed by atoms with van der Waals surface area (Å²) >= 11 is 0. The van der Waals surface area contributed by atoms with E-state index in [0.29, 0.717) is 0 Å².